The van der Waals surface area contributed by atoms with Crippen molar-refractivity contribution in [2.75, 3.05) is 27.9 Å². The molecule has 0 bridgehead atoms. The zero-order chi connectivity index (χ0) is 19.3. The molecule has 0 spiro atoms. The van der Waals surface area contributed by atoms with Crippen molar-refractivity contribution in [3.8, 4) is 17.2 Å². The average molecular weight is 369 g/mol. The summed E-state index contributed by atoms with van der Waals surface area (Å²) in [6, 6.07) is 13.2. The van der Waals surface area contributed by atoms with E-state index in [-0.39, 0.29) is 11.3 Å². The first kappa shape index (κ1) is 19.1. The molecule has 0 radical (unpaired) electrons. The quantitative estimate of drug-likeness (QED) is 0.803. The van der Waals surface area contributed by atoms with Crippen molar-refractivity contribution < 1.29 is 19.0 Å². The Kier molecular flexibility index (Phi) is 5.89. The van der Waals surface area contributed by atoms with Gasteiger partial charge in [-0.15, -0.1) is 0 Å². The van der Waals surface area contributed by atoms with Crippen molar-refractivity contribution in [1.82, 2.24) is 5.32 Å². The van der Waals surface area contributed by atoms with Gasteiger partial charge in [-0.1, -0.05) is 18.9 Å². The number of ether oxygens (including phenoxy) is 3. The Labute approximate surface area is 160 Å². The molecule has 3 rings (SSSR count). The molecule has 0 aliphatic heterocycles. The van der Waals surface area contributed by atoms with Gasteiger partial charge >= 0.3 is 0 Å². The van der Waals surface area contributed by atoms with Crippen LogP contribution in [0.5, 0.6) is 17.2 Å². The molecule has 0 heterocycles. The van der Waals surface area contributed by atoms with Crippen molar-refractivity contribution >= 4 is 5.91 Å². The Morgan fingerprint density at radius 1 is 0.926 bits per heavy atom. The van der Waals surface area contributed by atoms with Crippen LogP contribution >= 0.6 is 0 Å². The Hall–Kier alpha value is -2.69. The van der Waals surface area contributed by atoms with Gasteiger partial charge in [0.1, 0.15) is 5.75 Å². The number of methoxy groups -OCH3 is 3. The lowest BCUT2D eigenvalue weighted by atomic mass is 9.78. The number of hydrogen-bond donors (Lipinski definition) is 1. The van der Waals surface area contributed by atoms with Crippen LogP contribution in [-0.4, -0.2) is 33.8 Å². The van der Waals surface area contributed by atoms with Gasteiger partial charge in [-0.3, -0.25) is 4.79 Å². The van der Waals surface area contributed by atoms with E-state index in [1.54, 1.807) is 45.6 Å². The fraction of sp³-hybridized carbons (Fsp3) is 0.409. The summed E-state index contributed by atoms with van der Waals surface area (Å²) in [5, 5.41) is 3.13. The molecule has 0 unspecified atom stereocenters. The molecule has 27 heavy (non-hydrogen) atoms. The van der Waals surface area contributed by atoms with Crippen molar-refractivity contribution in [2.45, 2.75) is 31.1 Å². The molecule has 0 atom stereocenters. The molecule has 1 aliphatic carbocycles. The Balaban J connectivity index is 1.78. The van der Waals surface area contributed by atoms with E-state index >= 15 is 0 Å². The first-order chi connectivity index (χ1) is 13.1. The molecule has 144 valence electrons. The van der Waals surface area contributed by atoms with Gasteiger partial charge in [0.25, 0.3) is 5.91 Å². The normalized spacial score (nSPS) is 15.2. The molecule has 1 saturated carbocycles. The predicted octanol–water partition coefficient (Wildman–Crippen LogP) is 3.95. The third-order valence-electron chi connectivity index (χ3n) is 5.50. The fourth-order valence-corrected chi connectivity index (χ4v) is 3.88. The molecular formula is C22H27NO4. The van der Waals surface area contributed by atoms with E-state index in [4.69, 9.17) is 14.2 Å². The number of carbonyl (C=O) groups excluding carboxylic acids is 1. The van der Waals surface area contributed by atoms with Gasteiger partial charge in [-0.05, 0) is 54.8 Å². The summed E-state index contributed by atoms with van der Waals surface area (Å²) in [6.07, 6.45) is 4.41. The zero-order valence-corrected chi connectivity index (χ0v) is 16.2. The maximum absolute atomic E-state index is 12.6. The molecule has 5 nitrogen and oxygen atoms in total. The van der Waals surface area contributed by atoms with E-state index in [2.05, 4.69) is 11.4 Å². The van der Waals surface area contributed by atoms with Crippen LogP contribution in [0.1, 0.15) is 41.6 Å². The summed E-state index contributed by atoms with van der Waals surface area (Å²) >= 11 is 0. The predicted molar refractivity (Wildman–Crippen MR) is 105 cm³/mol. The van der Waals surface area contributed by atoms with Gasteiger partial charge in [0.2, 0.25) is 0 Å². The first-order valence-electron chi connectivity index (χ1n) is 9.26. The second-order valence-corrected chi connectivity index (χ2v) is 6.97. The topological polar surface area (TPSA) is 56.8 Å². The fourth-order valence-electron chi connectivity index (χ4n) is 3.88. The smallest absolute Gasteiger partial charge is 0.251 e. The first-order valence-corrected chi connectivity index (χ1v) is 9.26. The minimum atomic E-state index is -0.0678. The van der Waals surface area contributed by atoms with Crippen LogP contribution in [0.15, 0.2) is 42.5 Å². The summed E-state index contributed by atoms with van der Waals surface area (Å²) in [4.78, 5) is 12.6. The second-order valence-electron chi connectivity index (χ2n) is 6.97. The van der Waals surface area contributed by atoms with Crippen LogP contribution in [-0.2, 0) is 5.41 Å². The highest BCUT2D eigenvalue weighted by Gasteiger charge is 2.36. The van der Waals surface area contributed by atoms with E-state index in [1.807, 2.05) is 12.1 Å². The highest BCUT2D eigenvalue weighted by atomic mass is 16.5. The van der Waals surface area contributed by atoms with E-state index in [0.717, 1.165) is 42.9 Å². The summed E-state index contributed by atoms with van der Waals surface area (Å²) in [5.41, 5.74) is 1.76. The lowest BCUT2D eigenvalue weighted by Crippen LogP contribution is -2.39. The Morgan fingerprint density at radius 2 is 1.59 bits per heavy atom. The van der Waals surface area contributed by atoms with Gasteiger partial charge in [-0.2, -0.15) is 0 Å². The van der Waals surface area contributed by atoms with E-state index in [1.165, 1.54) is 5.56 Å². The Morgan fingerprint density at radius 3 is 2.19 bits per heavy atom. The molecule has 2 aromatic rings. The highest BCUT2D eigenvalue weighted by Crippen LogP contribution is 2.43. The van der Waals surface area contributed by atoms with Gasteiger partial charge in [0.05, 0.1) is 21.3 Å². The van der Waals surface area contributed by atoms with Crippen molar-refractivity contribution in [3.63, 3.8) is 0 Å². The summed E-state index contributed by atoms with van der Waals surface area (Å²) in [6.45, 7) is 0.605. The lowest BCUT2D eigenvalue weighted by molar-refractivity contribution is 0.0943. The van der Waals surface area contributed by atoms with Crippen molar-refractivity contribution in [1.29, 1.82) is 0 Å². The molecule has 1 aliphatic rings. The Bertz CT molecular complexity index is 779. The zero-order valence-electron chi connectivity index (χ0n) is 16.2. The SMILES string of the molecule is COc1ccc(C(=O)NCC2(c3ccc(OC)c(OC)c3)CCCC2)cc1. The molecule has 1 N–H and O–H groups in total. The third-order valence-corrected chi connectivity index (χ3v) is 5.50. The van der Waals surface area contributed by atoms with E-state index in [0.29, 0.717) is 12.1 Å². The maximum Gasteiger partial charge on any atom is 0.251 e. The average Bonchev–Trinajstić information content (AvgIpc) is 3.21. The molecule has 5 heteroatoms. The standard InChI is InChI=1S/C22H27NO4/c1-25-18-9-6-16(7-10-18)21(24)23-15-22(12-4-5-13-22)17-8-11-19(26-2)20(14-17)27-3/h6-11,14H,4-5,12-13,15H2,1-3H3,(H,23,24). The van der Waals surface area contributed by atoms with Gasteiger partial charge in [-0.25, -0.2) is 0 Å². The minimum Gasteiger partial charge on any atom is -0.497 e. The van der Waals surface area contributed by atoms with Crippen LogP contribution < -0.4 is 19.5 Å². The summed E-state index contributed by atoms with van der Waals surface area (Å²) in [5.74, 6) is 2.12. The number of benzene rings is 2. The number of hydrogen-bond acceptors (Lipinski definition) is 4. The van der Waals surface area contributed by atoms with Crippen LogP contribution in [0.2, 0.25) is 0 Å². The third kappa shape index (κ3) is 4.02. The van der Waals surface area contributed by atoms with E-state index in [9.17, 15) is 4.79 Å². The molecule has 0 aromatic heterocycles. The van der Waals surface area contributed by atoms with Crippen molar-refractivity contribution in [3.05, 3.63) is 53.6 Å². The molecule has 1 amide bonds. The van der Waals surface area contributed by atoms with Gasteiger partial charge < -0.3 is 19.5 Å². The summed E-state index contributed by atoms with van der Waals surface area (Å²) < 4.78 is 16.0. The molecular weight excluding hydrogens is 342 g/mol. The van der Waals surface area contributed by atoms with Gasteiger partial charge in [0.15, 0.2) is 11.5 Å². The van der Waals surface area contributed by atoms with Crippen molar-refractivity contribution in [2.24, 2.45) is 0 Å². The van der Waals surface area contributed by atoms with Crippen LogP contribution in [0.25, 0.3) is 0 Å². The van der Waals surface area contributed by atoms with E-state index < -0.39 is 0 Å². The number of carbonyl (C=O) groups is 1. The lowest BCUT2D eigenvalue weighted by Gasteiger charge is -2.30. The number of amides is 1. The number of nitrogens with one attached hydrogen (secondary N) is 1. The van der Waals surface area contributed by atoms with Crippen LogP contribution in [0, 0.1) is 0 Å². The minimum absolute atomic E-state index is 0.0654. The molecule has 0 saturated heterocycles. The monoisotopic (exact) mass is 369 g/mol. The maximum atomic E-state index is 12.6. The largest absolute Gasteiger partial charge is 0.497 e. The molecule has 2 aromatic carbocycles. The molecule has 1 fully saturated rings. The summed E-state index contributed by atoms with van der Waals surface area (Å²) in [7, 11) is 4.90. The second kappa shape index (κ2) is 8.33. The van der Waals surface area contributed by atoms with Gasteiger partial charge in [0, 0.05) is 17.5 Å². The van der Waals surface area contributed by atoms with Crippen LogP contribution in [0.4, 0.5) is 0 Å². The highest BCUT2D eigenvalue weighted by molar-refractivity contribution is 5.94. The van der Waals surface area contributed by atoms with Crippen LogP contribution in [0.3, 0.4) is 0 Å². The number of rotatable bonds is 7.